The van der Waals surface area contributed by atoms with Crippen molar-refractivity contribution >= 4 is 11.6 Å². The molecule has 0 radical (unpaired) electrons. The highest BCUT2D eigenvalue weighted by Gasteiger charge is 2.34. The summed E-state index contributed by atoms with van der Waals surface area (Å²) < 4.78 is 5.24. The first-order valence-corrected chi connectivity index (χ1v) is 9.66. The second-order valence-corrected chi connectivity index (χ2v) is 7.50. The van der Waals surface area contributed by atoms with E-state index in [1.807, 2.05) is 30.3 Å². The molecule has 0 saturated carbocycles. The first kappa shape index (κ1) is 16.9. The summed E-state index contributed by atoms with van der Waals surface area (Å²) in [7, 11) is 1.66. The monoisotopic (exact) mass is 368 g/mol. The molecule has 0 fully saturated rings. The van der Waals surface area contributed by atoms with Crippen molar-refractivity contribution < 1.29 is 14.3 Å². The van der Waals surface area contributed by atoms with Crippen LogP contribution in [0.4, 0.5) is 0 Å². The van der Waals surface area contributed by atoms with Gasteiger partial charge in [0.1, 0.15) is 5.75 Å². The molecule has 3 aromatic rings. The quantitative estimate of drug-likeness (QED) is 0.533. The predicted molar refractivity (Wildman–Crippen MR) is 108 cm³/mol. The van der Waals surface area contributed by atoms with Crippen LogP contribution >= 0.6 is 0 Å². The summed E-state index contributed by atoms with van der Waals surface area (Å²) in [6, 6.07) is 17.2. The van der Waals surface area contributed by atoms with Crippen LogP contribution in [0.15, 0.2) is 54.6 Å². The molecule has 2 aliphatic rings. The summed E-state index contributed by atoms with van der Waals surface area (Å²) in [5.74, 6) is 0.798. The van der Waals surface area contributed by atoms with Gasteiger partial charge in [-0.2, -0.15) is 0 Å². The topological polar surface area (TPSA) is 43.4 Å². The molecule has 0 amide bonds. The lowest BCUT2D eigenvalue weighted by Crippen LogP contribution is -2.23. The Kier molecular flexibility index (Phi) is 3.90. The van der Waals surface area contributed by atoms with Crippen LogP contribution in [0, 0.1) is 0 Å². The van der Waals surface area contributed by atoms with Crippen molar-refractivity contribution in [1.82, 2.24) is 0 Å². The van der Waals surface area contributed by atoms with Gasteiger partial charge in [0.2, 0.25) is 0 Å². The van der Waals surface area contributed by atoms with Crippen LogP contribution in [0.1, 0.15) is 60.5 Å². The number of carbonyl (C=O) groups is 2. The van der Waals surface area contributed by atoms with Crippen molar-refractivity contribution in [1.29, 1.82) is 0 Å². The van der Waals surface area contributed by atoms with Crippen LogP contribution in [0.5, 0.6) is 5.75 Å². The highest BCUT2D eigenvalue weighted by Crippen LogP contribution is 2.37. The molecule has 138 valence electrons. The maximum Gasteiger partial charge on any atom is 0.194 e. The number of ketones is 2. The third-order valence-corrected chi connectivity index (χ3v) is 5.94. The highest BCUT2D eigenvalue weighted by atomic mass is 16.5. The van der Waals surface area contributed by atoms with E-state index in [4.69, 9.17) is 4.74 Å². The minimum atomic E-state index is -0.0316. The van der Waals surface area contributed by atoms with E-state index in [0.717, 1.165) is 42.6 Å². The zero-order valence-corrected chi connectivity index (χ0v) is 15.7. The number of hydrogen-bond donors (Lipinski definition) is 0. The summed E-state index contributed by atoms with van der Waals surface area (Å²) in [6.07, 6.45) is 3.62. The van der Waals surface area contributed by atoms with Crippen molar-refractivity contribution in [2.75, 3.05) is 7.11 Å². The van der Waals surface area contributed by atoms with E-state index in [-0.39, 0.29) is 11.6 Å². The Bertz CT molecular complexity index is 1120. The number of carbonyl (C=O) groups excluding carboxylic acids is 2. The fraction of sp³-hybridized carbons (Fsp3) is 0.200. The third kappa shape index (κ3) is 2.50. The molecule has 0 unspecified atom stereocenters. The Balaban J connectivity index is 1.64. The van der Waals surface area contributed by atoms with Gasteiger partial charge in [0, 0.05) is 22.3 Å². The van der Waals surface area contributed by atoms with Crippen LogP contribution in [0.25, 0.3) is 0 Å². The Morgan fingerprint density at radius 3 is 2.21 bits per heavy atom. The third-order valence-electron chi connectivity index (χ3n) is 5.94. The normalized spacial score (nSPS) is 14.5. The average Bonchev–Trinajstić information content (AvgIpc) is 3.22. The largest absolute Gasteiger partial charge is 0.497 e. The number of benzene rings is 3. The molecule has 0 spiro atoms. The fourth-order valence-corrected chi connectivity index (χ4v) is 4.59. The van der Waals surface area contributed by atoms with E-state index in [9.17, 15) is 9.59 Å². The Morgan fingerprint density at radius 2 is 1.50 bits per heavy atom. The van der Waals surface area contributed by atoms with Gasteiger partial charge in [-0.3, -0.25) is 9.59 Å². The molecular weight excluding hydrogens is 348 g/mol. The maximum atomic E-state index is 13.2. The average molecular weight is 368 g/mol. The lowest BCUT2D eigenvalue weighted by atomic mass is 9.79. The van der Waals surface area contributed by atoms with Gasteiger partial charge in [-0.1, -0.05) is 36.4 Å². The number of hydrogen-bond acceptors (Lipinski definition) is 3. The molecule has 0 heterocycles. The molecule has 0 aromatic heterocycles. The lowest BCUT2D eigenvalue weighted by molar-refractivity contribution is 0.0978. The van der Waals surface area contributed by atoms with Gasteiger partial charge in [0.25, 0.3) is 0 Å². The van der Waals surface area contributed by atoms with Crippen LogP contribution in [-0.4, -0.2) is 18.7 Å². The molecule has 0 N–H and O–H groups in total. The maximum absolute atomic E-state index is 13.2. The van der Waals surface area contributed by atoms with Gasteiger partial charge in [0.05, 0.1) is 7.11 Å². The summed E-state index contributed by atoms with van der Waals surface area (Å²) >= 11 is 0. The van der Waals surface area contributed by atoms with Gasteiger partial charge in [-0.25, -0.2) is 0 Å². The van der Waals surface area contributed by atoms with E-state index >= 15 is 0 Å². The van der Waals surface area contributed by atoms with Crippen LogP contribution in [0.2, 0.25) is 0 Å². The van der Waals surface area contributed by atoms with Gasteiger partial charge in [-0.15, -0.1) is 0 Å². The van der Waals surface area contributed by atoms with Crippen molar-refractivity contribution in [2.45, 2.75) is 25.7 Å². The first-order chi connectivity index (χ1) is 13.7. The van der Waals surface area contributed by atoms with Crippen LogP contribution in [0.3, 0.4) is 0 Å². The Hall–Kier alpha value is -3.20. The van der Waals surface area contributed by atoms with Gasteiger partial charge >= 0.3 is 0 Å². The summed E-state index contributed by atoms with van der Waals surface area (Å²) in [5, 5.41) is 0. The second kappa shape index (κ2) is 6.45. The van der Waals surface area contributed by atoms with Crippen LogP contribution in [-0.2, 0) is 19.3 Å². The van der Waals surface area contributed by atoms with Crippen LogP contribution < -0.4 is 4.74 Å². The van der Waals surface area contributed by atoms with Gasteiger partial charge < -0.3 is 4.74 Å². The molecule has 0 saturated heterocycles. The smallest absolute Gasteiger partial charge is 0.194 e. The number of methoxy groups -OCH3 is 1. The molecule has 3 nitrogen and oxygen atoms in total. The Morgan fingerprint density at radius 1 is 0.821 bits per heavy atom. The zero-order chi connectivity index (χ0) is 19.3. The molecule has 5 rings (SSSR count). The molecular formula is C25H20O3. The first-order valence-electron chi connectivity index (χ1n) is 9.66. The summed E-state index contributed by atoms with van der Waals surface area (Å²) in [5.41, 5.74) is 6.97. The second-order valence-electron chi connectivity index (χ2n) is 7.50. The fourth-order valence-electron chi connectivity index (χ4n) is 4.59. The minimum Gasteiger partial charge on any atom is -0.497 e. The predicted octanol–water partition coefficient (Wildman–Crippen LogP) is 4.55. The van der Waals surface area contributed by atoms with Gasteiger partial charge in [0.15, 0.2) is 11.6 Å². The molecule has 0 aliphatic heterocycles. The molecule has 3 heteroatoms. The number of fused-ring (bicyclic) bond motifs is 4. The molecule has 2 aliphatic carbocycles. The number of ether oxygens (including phenoxy) is 1. The van der Waals surface area contributed by atoms with E-state index < -0.39 is 0 Å². The van der Waals surface area contributed by atoms with E-state index in [0.29, 0.717) is 22.3 Å². The minimum absolute atomic E-state index is 0.000604. The van der Waals surface area contributed by atoms with Gasteiger partial charge in [-0.05, 0) is 66.1 Å². The summed E-state index contributed by atoms with van der Waals surface area (Å²) in [6.45, 7) is 0. The van der Waals surface area contributed by atoms with Crippen molar-refractivity contribution in [3.63, 3.8) is 0 Å². The SMILES string of the molecule is COc1ccc(Cc2cc3c(c4c2CCC4)C(=O)c2ccccc2C3=O)cc1. The number of rotatable bonds is 3. The highest BCUT2D eigenvalue weighted by molar-refractivity contribution is 6.29. The van der Waals surface area contributed by atoms with Crippen molar-refractivity contribution in [3.8, 4) is 5.75 Å². The molecule has 28 heavy (non-hydrogen) atoms. The van der Waals surface area contributed by atoms with Crippen molar-refractivity contribution in [3.05, 3.63) is 99.1 Å². The molecule has 0 bridgehead atoms. The molecule has 3 aromatic carbocycles. The zero-order valence-electron chi connectivity index (χ0n) is 15.7. The van der Waals surface area contributed by atoms with Crippen molar-refractivity contribution in [2.24, 2.45) is 0 Å². The van der Waals surface area contributed by atoms with E-state index in [1.165, 1.54) is 11.1 Å². The standard InChI is InChI=1S/C25H20O3/c1-28-17-11-9-15(10-12-17)13-16-14-22-23(19-8-4-7-18(16)19)25(27)21-6-3-2-5-20(21)24(22)26/h2-3,5-6,9-12,14H,4,7-8,13H2,1H3. The van der Waals surface area contributed by atoms with E-state index in [2.05, 4.69) is 12.1 Å². The lowest BCUT2D eigenvalue weighted by Gasteiger charge is -2.22. The van der Waals surface area contributed by atoms with E-state index in [1.54, 1.807) is 19.2 Å². The Labute approximate surface area is 164 Å². The molecule has 0 atom stereocenters. The summed E-state index contributed by atoms with van der Waals surface area (Å²) in [4.78, 5) is 26.4.